The molecule has 3 rings (SSSR count). The number of aromatic amines is 1. The Labute approximate surface area is 130 Å². The van der Waals surface area contributed by atoms with Crippen LogP contribution in [0, 0.1) is 11.6 Å². The molecule has 2 aromatic rings. The molecule has 1 fully saturated rings. The summed E-state index contributed by atoms with van der Waals surface area (Å²) in [4.78, 5) is 8.02. The van der Waals surface area contributed by atoms with Gasteiger partial charge in [0.1, 0.15) is 16.2 Å². The Morgan fingerprint density at radius 2 is 2.00 bits per heavy atom. The molecule has 3 nitrogen and oxygen atoms in total. The van der Waals surface area contributed by atoms with Gasteiger partial charge in [0.2, 0.25) is 0 Å². The van der Waals surface area contributed by atoms with Gasteiger partial charge in [-0.3, -0.25) is 0 Å². The zero-order valence-electron chi connectivity index (χ0n) is 12.6. The van der Waals surface area contributed by atoms with Crippen molar-refractivity contribution in [1.82, 2.24) is 9.97 Å². The lowest BCUT2D eigenvalue weighted by atomic mass is 10.1. The van der Waals surface area contributed by atoms with Crippen molar-refractivity contribution in [2.75, 3.05) is 0 Å². The Hall–Kier alpha value is -1.68. The lowest BCUT2D eigenvalue weighted by Crippen LogP contribution is -2.07. The molecular formula is C17H20N2OS. The molecule has 1 aliphatic rings. The summed E-state index contributed by atoms with van der Waals surface area (Å²) in [5, 5.41) is 0. The molecule has 0 amide bonds. The van der Waals surface area contributed by atoms with Crippen molar-refractivity contribution < 1.29 is 4.74 Å². The SMILES string of the molecule is Cc1c(-c2ccccc2OC(C)C)[nH]c(C2CC2)nc1=S. The van der Waals surface area contributed by atoms with Crippen LogP contribution in [-0.4, -0.2) is 16.1 Å². The molecule has 0 saturated heterocycles. The van der Waals surface area contributed by atoms with Crippen molar-refractivity contribution in [3.63, 3.8) is 0 Å². The Morgan fingerprint density at radius 3 is 2.67 bits per heavy atom. The third-order valence-electron chi connectivity index (χ3n) is 3.65. The van der Waals surface area contributed by atoms with Gasteiger partial charge in [0.15, 0.2) is 0 Å². The van der Waals surface area contributed by atoms with E-state index in [-0.39, 0.29) is 6.10 Å². The van der Waals surface area contributed by atoms with E-state index in [1.54, 1.807) is 0 Å². The Morgan fingerprint density at radius 1 is 1.29 bits per heavy atom. The van der Waals surface area contributed by atoms with E-state index in [2.05, 4.69) is 16.0 Å². The summed E-state index contributed by atoms with van der Waals surface area (Å²) in [5.74, 6) is 2.44. The van der Waals surface area contributed by atoms with Crippen molar-refractivity contribution in [2.24, 2.45) is 0 Å². The standard InChI is InChI=1S/C17H20N2OS/c1-10(2)20-14-7-5-4-6-13(14)15-11(3)17(21)19-16(18-15)12-8-9-12/h4-7,10,12H,8-9H2,1-3H3,(H,18,19,21). The summed E-state index contributed by atoms with van der Waals surface area (Å²) in [6.45, 7) is 6.09. The smallest absolute Gasteiger partial charge is 0.133 e. The zero-order valence-corrected chi connectivity index (χ0v) is 13.5. The van der Waals surface area contributed by atoms with E-state index in [1.165, 1.54) is 12.8 Å². The molecule has 1 saturated carbocycles. The number of nitrogens with zero attached hydrogens (tertiary/aromatic N) is 1. The van der Waals surface area contributed by atoms with Crippen LogP contribution in [-0.2, 0) is 0 Å². The van der Waals surface area contributed by atoms with Gasteiger partial charge < -0.3 is 9.72 Å². The predicted octanol–water partition coefficient (Wildman–Crippen LogP) is 4.78. The second-order valence-corrected chi connectivity index (χ2v) is 6.25. The van der Waals surface area contributed by atoms with Crippen LogP contribution in [0.25, 0.3) is 11.3 Å². The maximum absolute atomic E-state index is 5.94. The highest BCUT2D eigenvalue weighted by Crippen LogP contribution is 2.40. The molecule has 21 heavy (non-hydrogen) atoms. The summed E-state index contributed by atoms with van der Waals surface area (Å²) in [5.41, 5.74) is 3.10. The number of nitrogens with one attached hydrogen (secondary N) is 1. The first-order chi connectivity index (χ1) is 10.1. The first-order valence-electron chi connectivity index (χ1n) is 7.43. The van der Waals surface area contributed by atoms with Gasteiger partial charge in [-0.1, -0.05) is 24.4 Å². The van der Waals surface area contributed by atoms with Crippen molar-refractivity contribution in [3.8, 4) is 17.0 Å². The van der Waals surface area contributed by atoms with Crippen molar-refractivity contribution in [1.29, 1.82) is 0 Å². The normalized spacial score (nSPS) is 14.5. The van der Waals surface area contributed by atoms with E-state index in [9.17, 15) is 0 Å². The molecule has 0 aliphatic heterocycles. The highest BCUT2D eigenvalue weighted by Gasteiger charge is 2.27. The van der Waals surface area contributed by atoms with Gasteiger partial charge in [-0.2, -0.15) is 0 Å². The van der Waals surface area contributed by atoms with Gasteiger partial charge >= 0.3 is 0 Å². The number of benzene rings is 1. The average Bonchev–Trinajstić information content (AvgIpc) is 3.26. The summed E-state index contributed by atoms with van der Waals surface area (Å²) in [6, 6.07) is 8.09. The van der Waals surface area contributed by atoms with Crippen LogP contribution in [0.4, 0.5) is 0 Å². The van der Waals surface area contributed by atoms with Crippen LogP contribution < -0.4 is 4.74 Å². The summed E-state index contributed by atoms with van der Waals surface area (Å²) < 4.78 is 6.62. The molecule has 0 bridgehead atoms. The molecule has 110 valence electrons. The number of ether oxygens (including phenoxy) is 1. The molecule has 0 radical (unpaired) electrons. The fourth-order valence-electron chi connectivity index (χ4n) is 2.40. The van der Waals surface area contributed by atoms with Crippen LogP contribution in [0.15, 0.2) is 24.3 Å². The molecule has 4 heteroatoms. The molecule has 0 spiro atoms. The minimum absolute atomic E-state index is 0.138. The number of H-pyrrole nitrogens is 1. The predicted molar refractivity (Wildman–Crippen MR) is 87.3 cm³/mol. The maximum atomic E-state index is 5.94. The quantitative estimate of drug-likeness (QED) is 0.826. The molecule has 1 aromatic carbocycles. The first-order valence-corrected chi connectivity index (χ1v) is 7.84. The second-order valence-electron chi connectivity index (χ2n) is 5.86. The molecule has 0 unspecified atom stereocenters. The first kappa shape index (κ1) is 14.3. The lowest BCUT2D eigenvalue weighted by molar-refractivity contribution is 0.243. The van der Waals surface area contributed by atoms with E-state index in [0.29, 0.717) is 10.6 Å². The van der Waals surface area contributed by atoms with Gasteiger partial charge in [-0.15, -0.1) is 0 Å². The highest BCUT2D eigenvalue weighted by atomic mass is 32.1. The number of rotatable bonds is 4. The van der Waals surface area contributed by atoms with Gasteiger partial charge in [0, 0.05) is 17.0 Å². The summed E-state index contributed by atoms with van der Waals surface area (Å²) in [6.07, 6.45) is 2.54. The molecule has 1 aromatic heterocycles. The molecular weight excluding hydrogens is 280 g/mol. The van der Waals surface area contributed by atoms with Gasteiger partial charge in [0.25, 0.3) is 0 Å². The fraction of sp³-hybridized carbons (Fsp3) is 0.412. The molecule has 1 heterocycles. The van der Waals surface area contributed by atoms with Crippen molar-refractivity contribution in [3.05, 3.63) is 40.3 Å². The minimum atomic E-state index is 0.138. The number of hydrogen-bond donors (Lipinski definition) is 1. The second kappa shape index (κ2) is 5.60. The Bertz CT molecular complexity index is 717. The van der Waals surface area contributed by atoms with E-state index in [0.717, 1.165) is 28.4 Å². The van der Waals surface area contributed by atoms with E-state index < -0.39 is 0 Å². The maximum Gasteiger partial charge on any atom is 0.133 e. The van der Waals surface area contributed by atoms with Gasteiger partial charge in [-0.25, -0.2) is 4.98 Å². The number of para-hydroxylation sites is 1. The fourth-order valence-corrected chi connectivity index (χ4v) is 2.60. The monoisotopic (exact) mass is 300 g/mol. The third kappa shape index (κ3) is 3.00. The Balaban J connectivity index is 2.13. The molecule has 1 N–H and O–H groups in total. The van der Waals surface area contributed by atoms with Gasteiger partial charge in [0.05, 0.1) is 11.8 Å². The Kier molecular flexibility index (Phi) is 3.81. The highest BCUT2D eigenvalue weighted by molar-refractivity contribution is 7.71. The third-order valence-corrected chi connectivity index (χ3v) is 4.05. The topological polar surface area (TPSA) is 37.9 Å². The van der Waals surface area contributed by atoms with Crippen LogP contribution >= 0.6 is 12.2 Å². The van der Waals surface area contributed by atoms with E-state index in [4.69, 9.17) is 17.0 Å². The van der Waals surface area contributed by atoms with Crippen LogP contribution in [0.2, 0.25) is 0 Å². The largest absolute Gasteiger partial charge is 0.490 e. The summed E-state index contributed by atoms with van der Waals surface area (Å²) >= 11 is 5.43. The summed E-state index contributed by atoms with van der Waals surface area (Å²) in [7, 11) is 0. The number of aromatic nitrogens is 2. The minimum Gasteiger partial charge on any atom is -0.490 e. The van der Waals surface area contributed by atoms with Crippen molar-refractivity contribution >= 4 is 12.2 Å². The van der Waals surface area contributed by atoms with Crippen LogP contribution in [0.1, 0.15) is 44.0 Å². The van der Waals surface area contributed by atoms with Crippen LogP contribution in [0.5, 0.6) is 5.75 Å². The van der Waals surface area contributed by atoms with Crippen molar-refractivity contribution in [2.45, 2.75) is 45.6 Å². The van der Waals surface area contributed by atoms with E-state index in [1.807, 2.05) is 39.0 Å². The van der Waals surface area contributed by atoms with Crippen LogP contribution in [0.3, 0.4) is 0 Å². The van der Waals surface area contributed by atoms with E-state index >= 15 is 0 Å². The average molecular weight is 300 g/mol. The molecule has 0 atom stereocenters. The molecule has 1 aliphatic carbocycles. The van der Waals surface area contributed by atoms with Gasteiger partial charge in [-0.05, 0) is 45.7 Å². The zero-order chi connectivity index (χ0) is 15.0. The number of hydrogen-bond acceptors (Lipinski definition) is 3. The lowest BCUT2D eigenvalue weighted by Gasteiger charge is -2.16.